The van der Waals surface area contributed by atoms with Crippen LogP contribution in [-0.2, 0) is 0 Å². The van der Waals surface area contributed by atoms with Gasteiger partial charge in [0.2, 0.25) is 0 Å². The molecule has 0 atom stereocenters. The second-order valence-electron chi connectivity index (χ2n) is 5.75. The van der Waals surface area contributed by atoms with E-state index in [2.05, 4.69) is 9.88 Å². The van der Waals surface area contributed by atoms with E-state index in [0.29, 0.717) is 13.1 Å². The van der Waals surface area contributed by atoms with Crippen molar-refractivity contribution < 1.29 is 14.7 Å². The molecule has 1 amide bonds. The molecule has 6 heteroatoms. The average Bonchev–Trinajstić information content (AvgIpc) is 3.31. The van der Waals surface area contributed by atoms with Gasteiger partial charge in [-0.3, -0.25) is 9.69 Å². The molecule has 6 nitrogen and oxygen atoms in total. The van der Waals surface area contributed by atoms with Gasteiger partial charge in [0.05, 0.1) is 0 Å². The number of carboxylic acids is 1. The Hall–Kier alpha value is -1.95. The zero-order valence-corrected chi connectivity index (χ0v) is 11.9. The van der Waals surface area contributed by atoms with Crippen LogP contribution in [0.25, 0.3) is 0 Å². The summed E-state index contributed by atoms with van der Waals surface area (Å²) >= 11 is 0. The molecule has 2 aliphatic rings. The number of rotatable bonds is 4. The third-order valence-corrected chi connectivity index (χ3v) is 4.06. The molecule has 1 aliphatic heterocycles. The summed E-state index contributed by atoms with van der Waals surface area (Å²) < 4.78 is 0. The lowest BCUT2D eigenvalue weighted by molar-refractivity contribution is 0.0625. The predicted octanol–water partition coefficient (Wildman–Crippen LogP) is 0.948. The maximum absolute atomic E-state index is 12.4. The van der Waals surface area contributed by atoms with Crippen molar-refractivity contribution in [2.24, 2.45) is 5.92 Å². The fraction of sp³-hybridized carbons (Fsp3) is 0.533. The van der Waals surface area contributed by atoms with Crippen molar-refractivity contribution in [3.05, 3.63) is 29.6 Å². The molecule has 1 N–H and O–H groups in total. The van der Waals surface area contributed by atoms with Crippen LogP contribution in [0.2, 0.25) is 0 Å². The second kappa shape index (κ2) is 5.81. The first-order valence-electron chi connectivity index (χ1n) is 7.35. The largest absolute Gasteiger partial charge is 0.477 e. The molecule has 0 aromatic carbocycles. The number of carboxylic acid groups (broad SMARTS) is 1. The summed E-state index contributed by atoms with van der Waals surface area (Å²) in [5.41, 5.74) is 0.124. The first-order chi connectivity index (χ1) is 10.1. The number of hydrogen-bond acceptors (Lipinski definition) is 4. The van der Waals surface area contributed by atoms with E-state index < -0.39 is 5.97 Å². The minimum atomic E-state index is -1.11. The quantitative estimate of drug-likeness (QED) is 0.893. The van der Waals surface area contributed by atoms with Crippen molar-refractivity contribution in [1.29, 1.82) is 0 Å². The van der Waals surface area contributed by atoms with Crippen LogP contribution in [0.3, 0.4) is 0 Å². The Morgan fingerprint density at radius 2 is 1.81 bits per heavy atom. The van der Waals surface area contributed by atoms with Crippen molar-refractivity contribution in [2.45, 2.75) is 12.8 Å². The monoisotopic (exact) mass is 289 g/mol. The van der Waals surface area contributed by atoms with E-state index in [4.69, 9.17) is 5.11 Å². The molecule has 1 saturated carbocycles. The highest BCUT2D eigenvalue weighted by molar-refractivity contribution is 5.94. The Balaban J connectivity index is 1.60. The second-order valence-corrected chi connectivity index (χ2v) is 5.75. The summed E-state index contributed by atoms with van der Waals surface area (Å²) in [4.78, 5) is 31.4. The van der Waals surface area contributed by atoms with Crippen LogP contribution < -0.4 is 0 Å². The number of aromatic nitrogens is 1. The topological polar surface area (TPSA) is 73.7 Å². The maximum Gasteiger partial charge on any atom is 0.354 e. The Labute approximate surface area is 123 Å². The van der Waals surface area contributed by atoms with Gasteiger partial charge in [0, 0.05) is 32.7 Å². The molecule has 1 aromatic rings. The summed E-state index contributed by atoms with van der Waals surface area (Å²) in [6.45, 7) is 4.30. The summed E-state index contributed by atoms with van der Waals surface area (Å²) in [5.74, 6) is -0.427. The van der Waals surface area contributed by atoms with Gasteiger partial charge in [0.1, 0.15) is 11.4 Å². The Morgan fingerprint density at radius 3 is 2.43 bits per heavy atom. The van der Waals surface area contributed by atoms with Gasteiger partial charge in [-0.1, -0.05) is 6.07 Å². The molecule has 21 heavy (non-hydrogen) atoms. The third-order valence-electron chi connectivity index (χ3n) is 4.06. The predicted molar refractivity (Wildman–Crippen MR) is 76.3 cm³/mol. The maximum atomic E-state index is 12.4. The zero-order chi connectivity index (χ0) is 14.8. The molecular formula is C15H19N3O3. The third kappa shape index (κ3) is 3.39. The molecule has 0 bridgehead atoms. The van der Waals surface area contributed by atoms with Crippen LogP contribution in [-0.4, -0.2) is 64.5 Å². The number of hydrogen-bond donors (Lipinski definition) is 1. The molecule has 1 aromatic heterocycles. The van der Waals surface area contributed by atoms with Gasteiger partial charge < -0.3 is 10.0 Å². The first-order valence-corrected chi connectivity index (χ1v) is 7.35. The smallest absolute Gasteiger partial charge is 0.354 e. The minimum Gasteiger partial charge on any atom is -0.477 e. The van der Waals surface area contributed by atoms with E-state index in [1.165, 1.54) is 18.9 Å². The lowest BCUT2D eigenvalue weighted by Crippen LogP contribution is -2.49. The van der Waals surface area contributed by atoms with Crippen molar-refractivity contribution in [2.75, 3.05) is 32.7 Å². The van der Waals surface area contributed by atoms with Gasteiger partial charge in [-0.15, -0.1) is 0 Å². The highest BCUT2D eigenvalue weighted by atomic mass is 16.4. The lowest BCUT2D eigenvalue weighted by Gasteiger charge is -2.34. The summed E-state index contributed by atoms with van der Waals surface area (Å²) in [6, 6.07) is 4.53. The van der Waals surface area contributed by atoms with E-state index >= 15 is 0 Å². The molecule has 2 heterocycles. The normalized spacial score (nSPS) is 19.5. The fourth-order valence-electron chi connectivity index (χ4n) is 2.63. The highest BCUT2D eigenvalue weighted by Crippen LogP contribution is 2.29. The molecule has 1 aliphatic carbocycles. The number of pyridine rings is 1. The van der Waals surface area contributed by atoms with Crippen LogP contribution in [0.4, 0.5) is 0 Å². The Morgan fingerprint density at radius 1 is 1.14 bits per heavy atom. The highest BCUT2D eigenvalue weighted by Gasteiger charge is 2.28. The number of carbonyl (C=O) groups excluding carboxylic acids is 1. The van der Waals surface area contributed by atoms with Crippen LogP contribution in [0, 0.1) is 5.92 Å². The number of aromatic carboxylic acids is 1. The van der Waals surface area contributed by atoms with Gasteiger partial charge >= 0.3 is 5.97 Å². The van der Waals surface area contributed by atoms with Crippen LogP contribution in [0.1, 0.15) is 33.8 Å². The minimum absolute atomic E-state index is 0.0896. The zero-order valence-electron chi connectivity index (χ0n) is 11.9. The number of amides is 1. The molecular weight excluding hydrogens is 270 g/mol. The van der Waals surface area contributed by atoms with Crippen molar-refractivity contribution in [1.82, 2.24) is 14.8 Å². The molecule has 0 unspecified atom stereocenters. The Bertz CT molecular complexity index is 549. The van der Waals surface area contributed by atoms with E-state index in [1.54, 1.807) is 17.0 Å². The van der Waals surface area contributed by atoms with Gasteiger partial charge in [-0.25, -0.2) is 9.78 Å². The van der Waals surface area contributed by atoms with Crippen molar-refractivity contribution in [3.8, 4) is 0 Å². The summed E-state index contributed by atoms with van der Waals surface area (Å²) in [5, 5.41) is 8.93. The number of piperazine rings is 1. The molecule has 0 spiro atoms. The van der Waals surface area contributed by atoms with Gasteiger partial charge in [-0.2, -0.15) is 0 Å². The standard InChI is InChI=1S/C15H19N3O3/c19-14(12-2-1-3-13(16-12)15(20)21)18-8-6-17(7-9-18)10-11-4-5-11/h1-3,11H,4-10H2,(H,20,21). The lowest BCUT2D eigenvalue weighted by atomic mass is 10.2. The SMILES string of the molecule is O=C(O)c1cccc(C(=O)N2CCN(CC3CC3)CC2)n1. The van der Waals surface area contributed by atoms with Crippen LogP contribution in [0.15, 0.2) is 18.2 Å². The molecule has 1 saturated heterocycles. The van der Waals surface area contributed by atoms with E-state index in [1.807, 2.05) is 0 Å². The molecule has 2 fully saturated rings. The van der Waals surface area contributed by atoms with E-state index in [9.17, 15) is 9.59 Å². The van der Waals surface area contributed by atoms with Crippen LogP contribution >= 0.6 is 0 Å². The van der Waals surface area contributed by atoms with E-state index in [-0.39, 0.29) is 17.3 Å². The van der Waals surface area contributed by atoms with Crippen LogP contribution in [0.5, 0.6) is 0 Å². The van der Waals surface area contributed by atoms with Gasteiger partial charge in [0.15, 0.2) is 0 Å². The summed E-state index contributed by atoms with van der Waals surface area (Å²) in [6.07, 6.45) is 2.68. The molecule has 3 rings (SSSR count). The number of carbonyl (C=O) groups is 2. The van der Waals surface area contributed by atoms with E-state index in [0.717, 1.165) is 25.6 Å². The molecule has 0 radical (unpaired) electrons. The number of nitrogens with zero attached hydrogens (tertiary/aromatic N) is 3. The summed E-state index contributed by atoms with van der Waals surface area (Å²) in [7, 11) is 0. The first kappa shape index (κ1) is 14.0. The van der Waals surface area contributed by atoms with Crippen molar-refractivity contribution >= 4 is 11.9 Å². The van der Waals surface area contributed by atoms with Gasteiger partial charge in [0.25, 0.3) is 5.91 Å². The van der Waals surface area contributed by atoms with Gasteiger partial charge in [-0.05, 0) is 30.9 Å². The Kier molecular flexibility index (Phi) is 3.88. The average molecular weight is 289 g/mol. The molecule has 112 valence electrons. The van der Waals surface area contributed by atoms with Crippen molar-refractivity contribution in [3.63, 3.8) is 0 Å². The fourth-order valence-corrected chi connectivity index (χ4v) is 2.63.